The number of rotatable bonds is 4. The van der Waals surface area contributed by atoms with Gasteiger partial charge in [-0.05, 0) is 49.8 Å². The van der Waals surface area contributed by atoms with Crippen molar-refractivity contribution in [2.75, 3.05) is 0 Å². The molecule has 128 valence electrons. The number of primary sulfonamides is 1. The summed E-state index contributed by atoms with van der Waals surface area (Å²) < 4.78 is 24.9. The van der Waals surface area contributed by atoms with Crippen molar-refractivity contribution in [3.8, 4) is 0 Å². The van der Waals surface area contributed by atoms with Crippen molar-refractivity contribution in [3.05, 3.63) is 56.2 Å². The van der Waals surface area contributed by atoms with Gasteiger partial charge in [-0.3, -0.25) is 9.55 Å². The van der Waals surface area contributed by atoms with E-state index in [1.54, 1.807) is 16.7 Å². The lowest BCUT2D eigenvalue weighted by Gasteiger charge is -2.20. The zero-order valence-electron chi connectivity index (χ0n) is 13.1. The summed E-state index contributed by atoms with van der Waals surface area (Å²) in [5.41, 5.74) is 2.89. The Morgan fingerprint density at radius 1 is 1.17 bits per heavy atom. The highest BCUT2D eigenvalue weighted by Gasteiger charge is 2.16. The number of sulfonamides is 1. The molecule has 1 aliphatic carbocycles. The second kappa shape index (κ2) is 6.62. The summed E-state index contributed by atoms with van der Waals surface area (Å²) in [6.45, 7) is 0.530. The molecule has 0 radical (unpaired) electrons. The Hall–Kier alpha value is -1.77. The first kappa shape index (κ1) is 17.1. The third-order valence-corrected chi connectivity index (χ3v) is 5.66. The van der Waals surface area contributed by atoms with Gasteiger partial charge < -0.3 is 0 Å². The van der Waals surface area contributed by atoms with Gasteiger partial charge in [0.05, 0.1) is 4.90 Å². The summed E-state index contributed by atoms with van der Waals surface area (Å²) >= 11 is 5.28. The van der Waals surface area contributed by atoms with Gasteiger partial charge >= 0.3 is 5.69 Å². The van der Waals surface area contributed by atoms with E-state index in [0.717, 1.165) is 42.5 Å². The van der Waals surface area contributed by atoms with Crippen molar-refractivity contribution in [1.29, 1.82) is 0 Å². The summed E-state index contributed by atoms with van der Waals surface area (Å²) in [6, 6.07) is 6.42. The van der Waals surface area contributed by atoms with Gasteiger partial charge in [0.1, 0.15) is 4.64 Å². The van der Waals surface area contributed by atoms with E-state index < -0.39 is 10.0 Å². The van der Waals surface area contributed by atoms with Gasteiger partial charge in [0, 0.05) is 17.8 Å². The number of nitrogens with zero attached hydrogens (tertiary/aromatic N) is 1. The highest BCUT2D eigenvalue weighted by Crippen LogP contribution is 2.20. The summed E-state index contributed by atoms with van der Waals surface area (Å²) in [4.78, 5) is 15.1. The molecule has 0 saturated carbocycles. The molecule has 1 aliphatic rings. The number of nitrogens with one attached hydrogen (secondary N) is 1. The minimum Gasteiger partial charge on any atom is -0.298 e. The lowest BCUT2D eigenvalue weighted by atomic mass is 9.97. The molecular weight excluding hydrogens is 346 g/mol. The molecule has 0 fully saturated rings. The monoisotopic (exact) mass is 365 g/mol. The molecule has 24 heavy (non-hydrogen) atoms. The Kier molecular flexibility index (Phi) is 4.71. The minimum atomic E-state index is -3.68. The van der Waals surface area contributed by atoms with E-state index in [1.165, 1.54) is 12.1 Å². The highest BCUT2D eigenvalue weighted by atomic mass is 32.2. The number of hydrogen-bond acceptors (Lipinski definition) is 4. The fourth-order valence-electron chi connectivity index (χ4n) is 3.12. The molecule has 1 heterocycles. The van der Waals surface area contributed by atoms with E-state index >= 15 is 0 Å². The summed E-state index contributed by atoms with van der Waals surface area (Å²) in [6.07, 6.45) is 4.56. The zero-order valence-corrected chi connectivity index (χ0v) is 14.8. The van der Waals surface area contributed by atoms with E-state index in [2.05, 4.69) is 4.98 Å². The average molecular weight is 365 g/mol. The van der Waals surface area contributed by atoms with Crippen LogP contribution >= 0.6 is 12.2 Å². The van der Waals surface area contributed by atoms with Crippen molar-refractivity contribution < 1.29 is 8.42 Å². The molecular formula is C16H19N3O3S2. The molecule has 1 aromatic heterocycles. The van der Waals surface area contributed by atoms with Crippen LogP contribution in [0.25, 0.3) is 0 Å². The molecule has 0 unspecified atom stereocenters. The van der Waals surface area contributed by atoms with E-state index in [4.69, 9.17) is 17.4 Å². The topological polar surface area (TPSA) is 97.9 Å². The first-order valence-corrected chi connectivity index (χ1v) is 9.78. The molecule has 8 heteroatoms. The number of hydrogen-bond donors (Lipinski definition) is 2. The lowest BCUT2D eigenvalue weighted by molar-refractivity contribution is 0.555. The Bertz CT molecular complexity index is 973. The van der Waals surface area contributed by atoms with E-state index in [-0.39, 0.29) is 10.6 Å². The summed E-state index contributed by atoms with van der Waals surface area (Å²) in [7, 11) is -3.68. The molecule has 0 amide bonds. The Morgan fingerprint density at radius 3 is 2.50 bits per heavy atom. The van der Waals surface area contributed by atoms with Crippen LogP contribution in [0.15, 0.2) is 34.0 Å². The van der Waals surface area contributed by atoms with Crippen LogP contribution in [-0.4, -0.2) is 18.0 Å². The Labute approximate surface area is 145 Å². The lowest BCUT2D eigenvalue weighted by Crippen LogP contribution is -2.30. The van der Waals surface area contributed by atoms with E-state index in [1.807, 2.05) is 0 Å². The summed E-state index contributed by atoms with van der Waals surface area (Å²) in [5, 5.41) is 5.09. The third kappa shape index (κ3) is 3.50. The molecule has 3 N–H and O–H groups in total. The Morgan fingerprint density at radius 2 is 1.83 bits per heavy atom. The molecule has 0 aliphatic heterocycles. The van der Waals surface area contributed by atoms with Gasteiger partial charge in [0.15, 0.2) is 0 Å². The zero-order chi connectivity index (χ0) is 17.3. The normalized spacial score (nSPS) is 14.4. The standard InChI is InChI=1S/C16H19N3O3S2/c17-24(21,22)12-7-5-11(6-8-12)9-10-19-14-4-2-1-3-13(14)15(23)18-16(19)20/h5-8H,1-4,9-10H2,(H2,17,21,22)(H,18,20,23). The van der Waals surface area contributed by atoms with Crippen molar-refractivity contribution >= 4 is 22.2 Å². The number of aromatic amines is 1. The van der Waals surface area contributed by atoms with Crippen LogP contribution in [0, 0.1) is 4.64 Å². The summed E-state index contributed by atoms with van der Waals surface area (Å²) in [5.74, 6) is 0. The maximum Gasteiger partial charge on any atom is 0.326 e. The molecule has 1 aromatic carbocycles. The number of benzene rings is 1. The smallest absolute Gasteiger partial charge is 0.298 e. The number of nitrogens with two attached hydrogens (primary N) is 1. The molecule has 0 saturated heterocycles. The molecule has 6 nitrogen and oxygen atoms in total. The number of aromatic nitrogens is 2. The predicted molar refractivity (Wildman–Crippen MR) is 94.0 cm³/mol. The Balaban J connectivity index is 1.85. The van der Waals surface area contributed by atoms with Crippen molar-refractivity contribution in [2.45, 2.75) is 43.5 Å². The molecule has 0 atom stereocenters. The van der Waals surface area contributed by atoms with E-state index in [9.17, 15) is 13.2 Å². The third-order valence-electron chi connectivity index (χ3n) is 4.38. The van der Waals surface area contributed by atoms with Gasteiger partial charge in [-0.1, -0.05) is 24.4 Å². The quantitative estimate of drug-likeness (QED) is 0.805. The molecule has 3 rings (SSSR count). The fourth-order valence-corrected chi connectivity index (χ4v) is 3.94. The average Bonchev–Trinajstić information content (AvgIpc) is 2.54. The first-order valence-electron chi connectivity index (χ1n) is 7.83. The van der Waals surface area contributed by atoms with Crippen LogP contribution in [0.2, 0.25) is 0 Å². The van der Waals surface area contributed by atoms with Gasteiger partial charge in [-0.15, -0.1) is 0 Å². The molecule has 0 spiro atoms. The van der Waals surface area contributed by atoms with E-state index in [0.29, 0.717) is 17.6 Å². The maximum atomic E-state index is 12.3. The maximum absolute atomic E-state index is 12.3. The van der Waals surface area contributed by atoms with Crippen LogP contribution in [0.4, 0.5) is 0 Å². The van der Waals surface area contributed by atoms with Gasteiger partial charge in [-0.25, -0.2) is 18.4 Å². The largest absolute Gasteiger partial charge is 0.326 e. The van der Waals surface area contributed by atoms with Crippen LogP contribution in [0.3, 0.4) is 0 Å². The minimum absolute atomic E-state index is 0.0876. The van der Waals surface area contributed by atoms with Crippen molar-refractivity contribution in [1.82, 2.24) is 9.55 Å². The molecule has 2 aromatic rings. The van der Waals surface area contributed by atoms with Crippen molar-refractivity contribution in [3.63, 3.8) is 0 Å². The predicted octanol–water partition coefficient (Wildman–Crippen LogP) is 1.67. The highest BCUT2D eigenvalue weighted by molar-refractivity contribution is 7.89. The number of fused-ring (bicyclic) bond motifs is 1. The number of H-pyrrole nitrogens is 1. The SMILES string of the molecule is NS(=O)(=O)c1ccc(CCn2c3c(c(=S)[nH]c2=O)CCCC3)cc1. The first-order chi connectivity index (χ1) is 11.4. The van der Waals surface area contributed by atoms with Crippen LogP contribution in [0.1, 0.15) is 29.7 Å². The van der Waals surface area contributed by atoms with Crippen LogP contribution in [-0.2, 0) is 35.8 Å². The van der Waals surface area contributed by atoms with Crippen LogP contribution in [0.5, 0.6) is 0 Å². The number of aryl methyl sites for hydroxylation is 1. The second-order valence-electron chi connectivity index (χ2n) is 5.98. The van der Waals surface area contributed by atoms with Crippen LogP contribution < -0.4 is 10.8 Å². The van der Waals surface area contributed by atoms with Crippen molar-refractivity contribution in [2.24, 2.45) is 5.14 Å². The molecule has 0 bridgehead atoms. The van der Waals surface area contributed by atoms with Gasteiger partial charge in [0.25, 0.3) is 0 Å². The van der Waals surface area contributed by atoms with Gasteiger partial charge in [0.2, 0.25) is 10.0 Å². The second-order valence-corrected chi connectivity index (χ2v) is 7.95. The fraction of sp³-hybridized carbons (Fsp3) is 0.375. The van der Waals surface area contributed by atoms with Gasteiger partial charge in [-0.2, -0.15) is 0 Å².